The molecule has 0 spiro atoms. The van der Waals surface area contributed by atoms with Gasteiger partial charge in [0.2, 0.25) is 10.0 Å². The molecule has 1 aromatic heterocycles. The Morgan fingerprint density at radius 1 is 0.931 bits per heavy atom. The van der Waals surface area contributed by atoms with Crippen molar-refractivity contribution in [2.75, 3.05) is 13.1 Å². The van der Waals surface area contributed by atoms with Crippen molar-refractivity contribution in [1.82, 2.24) is 14.6 Å². The minimum absolute atomic E-state index is 0.0846. The Hall–Kier alpha value is -2.25. The molecule has 2 aromatic carbocycles. The first-order chi connectivity index (χ1) is 14.1. The molecule has 29 heavy (non-hydrogen) atoms. The summed E-state index contributed by atoms with van der Waals surface area (Å²) in [6.45, 7) is 1.30. The van der Waals surface area contributed by atoms with E-state index in [1.807, 2.05) is 18.3 Å². The van der Waals surface area contributed by atoms with Crippen LogP contribution < -0.4 is 5.32 Å². The fourth-order valence-corrected chi connectivity index (χ4v) is 6.46. The Morgan fingerprint density at radius 2 is 1.62 bits per heavy atom. The van der Waals surface area contributed by atoms with E-state index in [0.29, 0.717) is 23.0 Å². The Balaban J connectivity index is 1.42. The van der Waals surface area contributed by atoms with E-state index in [1.165, 1.54) is 5.56 Å². The highest BCUT2D eigenvalue weighted by molar-refractivity contribution is 7.89. The van der Waals surface area contributed by atoms with Crippen molar-refractivity contribution in [2.24, 2.45) is 0 Å². The number of sulfonamides is 1. The molecule has 2 aliphatic heterocycles. The summed E-state index contributed by atoms with van der Waals surface area (Å²) in [5.74, 6) is 0.196. The summed E-state index contributed by atoms with van der Waals surface area (Å²) in [4.78, 5) is 4.47. The second kappa shape index (κ2) is 7.22. The number of halogens is 1. The Morgan fingerprint density at radius 3 is 2.24 bits per heavy atom. The summed E-state index contributed by atoms with van der Waals surface area (Å²) in [6.07, 6.45) is 3.60. The van der Waals surface area contributed by atoms with Crippen molar-refractivity contribution in [3.63, 3.8) is 0 Å². The number of fused-ring (bicyclic) bond motifs is 2. The molecule has 2 bridgehead atoms. The normalized spacial score (nSPS) is 24.1. The van der Waals surface area contributed by atoms with Gasteiger partial charge in [-0.3, -0.25) is 4.98 Å². The van der Waals surface area contributed by atoms with Crippen LogP contribution in [0, 0.1) is 0 Å². The quantitative estimate of drug-likeness (QED) is 0.694. The van der Waals surface area contributed by atoms with E-state index in [9.17, 15) is 8.42 Å². The average Bonchev–Trinajstić information content (AvgIpc) is 2.75. The molecule has 2 aliphatic rings. The minimum atomic E-state index is -3.54. The molecule has 7 heteroatoms. The van der Waals surface area contributed by atoms with Gasteiger partial charge in [0, 0.05) is 48.5 Å². The van der Waals surface area contributed by atoms with Crippen molar-refractivity contribution >= 4 is 21.6 Å². The number of hydrogen-bond donors (Lipinski definition) is 1. The van der Waals surface area contributed by atoms with Gasteiger partial charge in [0.05, 0.1) is 4.90 Å². The van der Waals surface area contributed by atoms with Crippen LogP contribution in [0.1, 0.15) is 11.5 Å². The lowest BCUT2D eigenvalue weighted by Gasteiger charge is -2.57. The van der Waals surface area contributed by atoms with Gasteiger partial charge in [-0.05, 0) is 47.0 Å². The van der Waals surface area contributed by atoms with Crippen molar-refractivity contribution in [3.05, 3.63) is 83.6 Å². The highest BCUT2D eigenvalue weighted by Gasteiger charge is 2.56. The molecule has 5 nitrogen and oxygen atoms in total. The van der Waals surface area contributed by atoms with E-state index in [4.69, 9.17) is 11.6 Å². The van der Waals surface area contributed by atoms with E-state index >= 15 is 0 Å². The monoisotopic (exact) mass is 425 g/mol. The van der Waals surface area contributed by atoms with Crippen LogP contribution in [-0.4, -0.2) is 42.9 Å². The van der Waals surface area contributed by atoms with Crippen molar-refractivity contribution < 1.29 is 8.42 Å². The predicted molar refractivity (Wildman–Crippen MR) is 113 cm³/mol. The van der Waals surface area contributed by atoms with Gasteiger partial charge in [-0.2, -0.15) is 4.31 Å². The third-order valence-electron chi connectivity index (χ3n) is 5.87. The SMILES string of the molecule is O=S(=O)(c1ccc(Cl)cc1)N1[C@@H]2CNC[C@H]1C2c1ccc(-c2cccnc2)cc1. The van der Waals surface area contributed by atoms with E-state index in [-0.39, 0.29) is 18.0 Å². The molecular weight excluding hydrogens is 406 g/mol. The maximum atomic E-state index is 13.2. The number of nitrogens with zero attached hydrogens (tertiary/aromatic N) is 2. The van der Waals surface area contributed by atoms with Gasteiger partial charge >= 0.3 is 0 Å². The molecular formula is C22H20ClN3O2S. The van der Waals surface area contributed by atoms with Crippen LogP contribution in [0.4, 0.5) is 0 Å². The Bertz CT molecular complexity index is 1110. The summed E-state index contributed by atoms with van der Waals surface area (Å²) in [5.41, 5.74) is 3.35. The predicted octanol–water partition coefficient (Wildman–Crippen LogP) is 3.53. The molecule has 0 aliphatic carbocycles. The molecule has 1 N–H and O–H groups in total. The number of pyridine rings is 1. The molecule has 2 fully saturated rings. The number of piperidine rings is 1. The number of rotatable bonds is 4. The lowest BCUT2D eigenvalue weighted by atomic mass is 9.74. The Kier molecular flexibility index (Phi) is 4.67. The van der Waals surface area contributed by atoms with Gasteiger partial charge in [0.25, 0.3) is 0 Å². The molecule has 3 atom stereocenters. The number of aromatic nitrogens is 1. The largest absolute Gasteiger partial charge is 0.313 e. The fraction of sp³-hybridized carbons (Fsp3) is 0.227. The molecule has 148 valence electrons. The van der Waals surface area contributed by atoms with Crippen molar-refractivity contribution in [1.29, 1.82) is 0 Å². The standard InChI is InChI=1S/C22H20ClN3O2S/c23-18-7-9-19(10-8-18)29(27,28)26-20-13-25-14-21(26)22(20)16-5-3-15(4-6-16)17-2-1-11-24-12-17/h1-12,20-22,25H,13-14H2/t20-,21+,22?. The molecule has 0 radical (unpaired) electrons. The van der Waals surface area contributed by atoms with Crippen LogP contribution in [0.25, 0.3) is 11.1 Å². The van der Waals surface area contributed by atoms with Crippen LogP contribution in [0.5, 0.6) is 0 Å². The summed E-state index contributed by atoms with van der Waals surface area (Å²) < 4.78 is 28.1. The third kappa shape index (κ3) is 3.16. The van der Waals surface area contributed by atoms with Crippen molar-refractivity contribution in [3.8, 4) is 11.1 Å². The van der Waals surface area contributed by atoms with Crippen LogP contribution >= 0.6 is 11.6 Å². The van der Waals surface area contributed by atoms with E-state index in [1.54, 1.807) is 34.8 Å². The first-order valence-electron chi connectivity index (χ1n) is 9.56. The summed E-state index contributed by atoms with van der Waals surface area (Å²) in [6, 6.07) is 18.6. The second-order valence-electron chi connectivity index (χ2n) is 7.47. The van der Waals surface area contributed by atoms with Crippen LogP contribution in [-0.2, 0) is 10.0 Å². The molecule has 1 unspecified atom stereocenters. The molecule has 3 aromatic rings. The van der Waals surface area contributed by atoms with Gasteiger partial charge in [0.1, 0.15) is 0 Å². The van der Waals surface area contributed by atoms with Gasteiger partial charge in [0.15, 0.2) is 0 Å². The second-order valence-corrected chi connectivity index (χ2v) is 9.75. The number of nitrogens with one attached hydrogen (secondary N) is 1. The molecule has 5 rings (SSSR count). The highest BCUT2D eigenvalue weighted by atomic mass is 35.5. The van der Waals surface area contributed by atoms with Crippen LogP contribution in [0.2, 0.25) is 5.02 Å². The topological polar surface area (TPSA) is 62.3 Å². The summed E-state index contributed by atoms with van der Waals surface area (Å²) >= 11 is 5.92. The van der Waals surface area contributed by atoms with E-state index in [0.717, 1.165) is 11.1 Å². The lowest BCUT2D eigenvalue weighted by Crippen LogP contribution is -2.73. The van der Waals surface area contributed by atoms with Crippen molar-refractivity contribution in [2.45, 2.75) is 22.9 Å². The van der Waals surface area contributed by atoms with Gasteiger partial charge in [-0.1, -0.05) is 41.9 Å². The number of piperazine rings is 1. The number of benzene rings is 2. The Labute approximate surface area is 175 Å². The van der Waals surface area contributed by atoms with Gasteiger partial charge in [-0.25, -0.2) is 8.42 Å². The molecule has 0 amide bonds. The zero-order valence-electron chi connectivity index (χ0n) is 15.6. The summed E-state index contributed by atoms with van der Waals surface area (Å²) in [5, 5.41) is 3.88. The van der Waals surface area contributed by atoms with Crippen LogP contribution in [0.15, 0.2) is 78.0 Å². The van der Waals surface area contributed by atoms with Crippen LogP contribution in [0.3, 0.4) is 0 Å². The first-order valence-corrected chi connectivity index (χ1v) is 11.4. The maximum Gasteiger partial charge on any atom is 0.243 e. The fourth-order valence-electron chi connectivity index (χ4n) is 4.49. The van der Waals surface area contributed by atoms with E-state index < -0.39 is 10.0 Å². The summed E-state index contributed by atoms with van der Waals surface area (Å²) in [7, 11) is -3.54. The molecule has 2 saturated heterocycles. The van der Waals surface area contributed by atoms with Gasteiger partial charge < -0.3 is 5.32 Å². The number of hydrogen-bond acceptors (Lipinski definition) is 4. The molecule has 3 heterocycles. The average molecular weight is 426 g/mol. The lowest BCUT2D eigenvalue weighted by molar-refractivity contribution is 0.0370. The van der Waals surface area contributed by atoms with Gasteiger partial charge in [-0.15, -0.1) is 0 Å². The highest BCUT2D eigenvalue weighted by Crippen LogP contribution is 2.46. The zero-order chi connectivity index (χ0) is 20.0. The molecule has 0 saturated carbocycles. The maximum absolute atomic E-state index is 13.2. The first kappa shape index (κ1) is 18.8. The smallest absolute Gasteiger partial charge is 0.243 e. The third-order valence-corrected chi connectivity index (χ3v) is 8.09. The minimum Gasteiger partial charge on any atom is -0.313 e. The van der Waals surface area contributed by atoms with E-state index in [2.05, 4.69) is 34.6 Å². The zero-order valence-corrected chi connectivity index (χ0v) is 17.1.